The highest BCUT2D eigenvalue weighted by Gasteiger charge is 2.36. The lowest BCUT2D eigenvalue weighted by Gasteiger charge is -2.24. The van der Waals surface area contributed by atoms with Crippen LogP contribution in [0.25, 0.3) is 128 Å². The smallest absolute Gasteiger partial charge is 0.0434 e. The van der Waals surface area contributed by atoms with Gasteiger partial charge in [-0.1, -0.05) is 166 Å². The Balaban J connectivity index is 0.963. The van der Waals surface area contributed by atoms with Gasteiger partial charge in [-0.2, -0.15) is 0 Å². The van der Waals surface area contributed by atoms with Crippen LogP contribution in [0.15, 0.2) is 194 Å². The quantitative estimate of drug-likeness (QED) is 0.156. The van der Waals surface area contributed by atoms with Gasteiger partial charge in [0.15, 0.2) is 0 Å². The van der Waals surface area contributed by atoms with Crippen molar-refractivity contribution in [1.82, 2.24) is 0 Å². The van der Waals surface area contributed by atoms with Gasteiger partial charge in [0.25, 0.3) is 0 Å². The van der Waals surface area contributed by atoms with Crippen molar-refractivity contribution in [3.05, 3.63) is 205 Å². The number of benzene rings is 11. The maximum absolute atomic E-state index is 2.52. The fraction of sp³-hybridized carbons (Fsp3) is 0.0492. The molecular weight excluding hydrogens is 797 g/mol. The second kappa shape index (κ2) is 13.0. The van der Waals surface area contributed by atoms with E-state index in [-0.39, 0.29) is 5.41 Å². The molecule has 0 aliphatic heterocycles. The van der Waals surface area contributed by atoms with Crippen molar-refractivity contribution in [2.75, 3.05) is 0 Å². The minimum absolute atomic E-state index is 0.211. The molecule has 2 aromatic heterocycles. The molecule has 0 bridgehead atoms. The first-order valence-corrected chi connectivity index (χ1v) is 23.5. The van der Waals surface area contributed by atoms with E-state index in [1.54, 1.807) is 0 Å². The highest BCUT2D eigenvalue weighted by atomic mass is 32.1. The normalized spacial score (nSPS) is 13.4. The lowest BCUT2D eigenvalue weighted by molar-refractivity contribution is 0.661. The molecule has 0 amide bonds. The lowest BCUT2D eigenvalue weighted by atomic mass is 9.79. The number of rotatable bonds is 3. The average molecular weight is 835 g/mol. The molecule has 63 heavy (non-hydrogen) atoms. The zero-order valence-electron chi connectivity index (χ0n) is 34.8. The van der Waals surface area contributed by atoms with Crippen molar-refractivity contribution in [3.8, 4) is 44.5 Å². The van der Waals surface area contributed by atoms with Gasteiger partial charge in [-0.05, 0) is 136 Å². The molecule has 0 unspecified atom stereocenters. The molecule has 0 saturated carbocycles. The Morgan fingerprint density at radius 1 is 0.302 bits per heavy atom. The second-order valence-electron chi connectivity index (χ2n) is 17.9. The van der Waals surface area contributed by atoms with Crippen molar-refractivity contribution in [1.29, 1.82) is 0 Å². The summed E-state index contributed by atoms with van der Waals surface area (Å²) < 4.78 is 5.41. The molecule has 13 aromatic rings. The molecule has 0 saturated heterocycles. The number of fused-ring (bicyclic) bond motifs is 14. The molecular formula is C61H38S2. The Kier molecular flexibility index (Phi) is 7.31. The van der Waals surface area contributed by atoms with E-state index < -0.39 is 0 Å². The monoisotopic (exact) mass is 834 g/mol. The van der Waals surface area contributed by atoms with E-state index in [1.165, 1.54) is 139 Å². The maximum Gasteiger partial charge on any atom is 0.0434 e. The number of hydrogen-bond donors (Lipinski definition) is 0. The molecule has 0 atom stereocenters. The van der Waals surface area contributed by atoms with Gasteiger partial charge in [0.05, 0.1) is 0 Å². The van der Waals surface area contributed by atoms with Crippen LogP contribution in [0.3, 0.4) is 0 Å². The summed E-state index contributed by atoms with van der Waals surface area (Å²) in [6.45, 7) is 4.86. The summed E-state index contributed by atoms with van der Waals surface area (Å²) >= 11 is 3.83. The van der Waals surface area contributed by atoms with E-state index in [0.717, 1.165) is 0 Å². The maximum atomic E-state index is 2.52. The van der Waals surface area contributed by atoms with E-state index in [9.17, 15) is 0 Å². The summed E-state index contributed by atoms with van der Waals surface area (Å²) in [7, 11) is 0. The predicted octanol–water partition coefficient (Wildman–Crippen LogP) is 18.3. The molecule has 2 heteroatoms. The van der Waals surface area contributed by atoms with Crippen LogP contribution in [-0.2, 0) is 5.41 Å². The Hall–Kier alpha value is -7.10. The third-order valence-corrected chi connectivity index (χ3v) is 16.6. The fourth-order valence-electron chi connectivity index (χ4n) is 11.3. The van der Waals surface area contributed by atoms with Gasteiger partial charge in [-0.15, -0.1) is 22.7 Å². The second-order valence-corrected chi connectivity index (χ2v) is 20.0. The molecule has 0 spiro atoms. The van der Waals surface area contributed by atoms with E-state index >= 15 is 0 Å². The van der Waals surface area contributed by atoms with Crippen molar-refractivity contribution >= 4 is 106 Å². The van der Waals surface area contributed by atoms with Crippen LogP contribution >= 0.6 is 22.7 Å². The molecule has 1 aliphatic carbocycles. The summed E-state index contributed by atoms with van der Waals surface area (Å²) in [5, 5.41) is 15.7. The summed E-state index contributed by atoms with van der Waals surface area (Å²) in [5.74, 6) is 0. The molecule has 2 heterocycles. The van der Waals surface area contributed by atoms with Crippen LogP contribution in [0.2, 0.25) is 0 Å². The first kappa shape index (κ1) is 35.5. The largest absolute Gasteiger partial charge is 0.135 e. The molecule has 1 aliphatic rings. The molecule has 0 fully saturated rings. The van der Waals surface area contributed by atoms with E-state index in [1.807, 2.05) is 22.7 Å². The first-order valence-electron chi connectivity index (χ1n) is 21.9. The van der Waals surface area contributed by atoms with E-state index in [4.69, 9.17) is 0 Å². The van der Waals surface area contributed by atoms with Crippen molar-refractivity contribution < 1.29 is 0 Å². The topological polar surface area (TPSA) is 0 Å². The Morgan fingerprint density at radius 2 is 0.825 bits per heavy atom. The van der Waals surface area contributed by atoms with Gasteiger partial charge in [-0.3, -0.25) is 0 Å². The minimum atomic E-state index is -0.211. The van der Waals surface area contributed by atoms with Gasteiger partial charge in [0.1, 0.15) is 0 Å². The zero-order chi connectivity index (χ0) is 41.6. The van der Waals surface area contributed by atoms with Crippen molar-refractivity contribution in [3.63, 3.8) is 0 Å². The van der Waals surface area contributed by atoms with Crippen molar-refractivity contribution in [2.45, 2.75) is 19.3 Å². The Labute approximate surface area is 372 Å². The highest BCUT2D eigenvalue weighted by molar-refractivity contribution is 7.27. The molecule has 11 aromatic carbocycles. The Morgan fingerprint density at radius 3 is 1.52 bits per heavy atom. The third-order valence-electron chi connectivity index (χ3n) is 14.2. The molecule has 0 radical (unpaired) electrons. The lowest BCUT2D eigenvalue weighted by Crippen LogP contribution is -2.15. The molecule has 0 N–H and O–H groups in total. The summed E-state index contributed by atoms with van der Waals surface area (Å²) in [6.07, 6.45) is 0. The molecule has 294 valence electrons. The summed E-state index contributed by atoms with van der Waals surface area (Å²) in [5.41, 5.74) is 13.0. The van der Waals surface area contributed by atoms with Crippen LogP contribution in [0.1, 0.15) is 25.0 Å². The highest BCUT2D eigenvalue weighted by Crippen LogP contribution is 2.54. The van der Waals surface area contributed by atoms with Gasteiger partial charge in [-0.25, -0.2) is 0 Å². The van der Waals surface area contributed by atoms with Crippen LogP contribution in [0, 0.1) is 0 Å². The van der Waals surface area contributed by atoms with Gasteiger partial charge in [0, 0.05) is 51.1 Å². The molecule has 0 nitrogen and oxygen atoms in total. The summed E-state index contributed by atoms with van der Waals surface area (Å²) in [4.78, 5) is 0. The van der Waals surface area contributed by atoms with Crippen molar-refractivity contribution in [2.24, 2.45) is 0 Å². The van der Waals surface area contributed by atoms with Gasteiger partial charge in [0.2, 0.25) is 0 Å². The fourth-order valence-corrected chi connectivity index (χ4v) is 13.6. The van der Waals surface area contributed by atoms with Crippen LogP contribution in [-0.4, -0.2) is 0 Å². The average Bonchev–Trinajstić information content (AvgIpc) is 3.96. The standard InChI is InChI=1S/C61H38S2/c1-61(2)53-30-36(48-32-51-42-18-10-12-25-56(42)63-60(51)52-34-57-50(33-49(48)52)41-17-9-11-24-55(41)62-57)26-28-39(53)40-29-27-37(31-54(40)61)58-44-19-5-7-21-46(44)59(47-22-8-6-20-45(47)58)43-23-13-15-35-14-3-4-16-38(35)43/h3-34H,1-2H3. The minimum Gasteiger partial charge on any atom is -0.135 e. The van der Waals surface area contributed by atoms with Gasteiger partial charge >= 0.3 is 0 Å². The molecule has 14 rings (SSSR count). The number of hydrogen-bond acceptors (Lipinski definition) is 2. The first-order chi connectivity index (χ1) is 31.0. The third kappa shape index (κ3) is 4.97. The van der Waals surface area contributed by atoms with Crippen LogP contribution in [0.4, 0.5) is 0 Å². The SMILES string of the molecule is CC1(C)c2cc(-c3c4ccccc4c(-c4cccc5ccccc45)c4ccccc34)ccc2-c2ccc(-c3cc4c5ccccc5sc4c4cc5sc6ccccc6c5cc34)cc21. The van der Waals surface area contributed by atoms with Gasteiger partial charge < -0.3 is 0 Å². The van der Waals surface area contributed by atoms with E-state index in [2.05, 4.69) is 208 Å². The number of thiophene rings is 2. The zero-order valence-corrected chi connectivity index (χ0v) is 36.4. The van der Waals surface area contributed by atoms with Crippen LogP contribution < -0.4 is 0 Å². The Bertz CT molecular complexity index is 4060. The van der Waals surface area contributed by atoms with E-state index in [0.29, 0.717) is 0 Å². The summed E-state index contributed by atoms with van der Waals surface area (Å²) in [6, 6.07) is 73.5. The predicted molar refractivity (Wildman–Crippen MR) is 276 cm³/mol. The van der Waals surface area contributed by atoms with Crippen LogP contribution in [0.5, 0.6) is 0 Å².